The van der Waals surface area contributed by atoms with Crippen molar-refractivity contribution >= 4 is 17.6 Å². The van der Waals surface area contributed by atoms with Crippen molar-refractivity contribution in [2.24, 2.45) is 0 Å². The van der Waals surface area contributed by atoms with Gasteiger partial charge >= 0.3 is 11.8 Å². The number of piperazine rings is 1. The van der Waals surface area contributed by atoms with E-state index < -0.39 is 11.8 Å². The summed E-state index contributed by atoms with van der Waals surface area (Å²) in [5.41, 5.74) is 3.55. The van der Waals surface area contributed by atoms with Crippen molar-refractivity contribution in [2.75, 3.05) is 51.3 Å². The minimum Gasteiger partial charge on any atom is -0.463 e. The fourth-order valence-electron chi connectivity index (χ4n) is 4.22. The topological polar surface area (TPSA) is 112 Å². The number of ether oxygens (including phenoxy) is 1. The number of carbonyl (C=O) groups excluding carboxylic acids is 2. The summed E-state index contributed by atoms with van der Waals surface area (Å²) in [6.45, 7) is 2.41. The molecule has 2 aromatic rings. The Morgan fingerprint density at radius 1 is 1.26 bits per heavy atom. The number of pyridine rings is 1. The quantitative estimate of drug-likeness (QED) is 0.566. The van der Waals surface area contributed by atoms with Crippen LogP contribution in [0, 0.1) is 11.3 Å². The molecule has 0 bridgehead atoms. The monoisotopic (exact) mass is 423 g/mol. The molecule has 162 valence electrons. The molecule has 1 N–H and O–H groups in total. The second-order valence-electron chi connectivity index (χ2n) is 7.59. The minimum absolute atomic E-state index is 0.293. The third-order valence-corrected chi connectivity index (χ3v) is 5.77. The van der Waals surface area contributed by atoms with Gasteiger partial charge in [-0.2, -0.15) is 5.26 Å². The molecule has 2 aliphatic rings. The molecule has 0 aromatic carbocycles. The fraction of sp³-hybridized carbons (Fsp3) is 0.455. The number of rotatable bonds is 5. The average Bonchev–Trinajstić information content (AvgIpc) is 3.50. The number of aromatic nitrogens is 1. The van der Waals surface area contributed by atoms with Crippen molar-refractivity contribution in [3.8, 4) is 17.5 Å². The number of anilines is 1. The van der Waals surface area contributed by atoms with Crippen LogP contribution in [0.3, 0.4) is 0 Å². The van der Waals surface area contributed by atoms with Crippen molar-refractivity contribution in [1.82, 2.24) is 15.2 Å². The summed E-state index contributed by atoms with van der Waals surface area (Å²) in [5.74, 6) is 0.157. The lowest BCUT2D eigenvalue weighted by Gasteiger charge is -2.35. The van der Waals surface area contributed by atoms with Crippen LogP contribution in [0.15, 0.2) is 22.8 Å². The molecule has 0 spiro atoms. The molecule has 1 aliphatic heterocycles. The van der Waals surface area contributed by atoms with Crippen molar-refractivity contribution in [1.29, 1.82) is 5.26 Å². The summed E-state index contributed by atoms with van der Waals surface area (Å²) < 4.78 is 10.5. The largest absolute Gasteiger partial charge is 0.463 e. The molecule has 2 aromatic heterocycles. The van der Waals surface area contributed by atoms with Crippen molar-refractivity contribution < 1.29 is 18.7 Å². The summed E-state index contributed by atoms with van der Waals surface area (Å²) in [6.07, 6.45) is 4.34. The van der Waals surface area contributed by atoms with E-state index in [9.17, 15) is 14.9 Å². The first-order valence-electron chi connectivity index (χ1n) is 10.4. The number of nitriles is 1. The number of carbonyl (C=O) groups is 2. The standard InChI is InChI=1S/C22H25N5O4/c1-30-13-7-24-21(28)22(29)27-10-8-26(9-11-27)20-17(14-23)15-4-2-5-16(15)19(25-20)18-6-3-12-31-18/h3,6,12H,2,4-5,7-11,13H2,1H3,(H,24,28). The first kappa shape index (κ1) is 20.9. The molecule has 0 saturated carbocycles. The second-order valence-corrected chi connectivity index (χ2v) is 7.59. The van der Waals surface area contributed by atoms with Gasteiger partial charge in [-0.3, -0.25) is 9.59 Å². The molecule has 1 fully saturated rings. The Morgan fingerprint density at radius 3 is 2.71 bits per heavy atom. The predicted molar refractivity (Wildman–Crippen MR) is 112 cm³/mol. The lowest BCUT2D eigenvalue weighted by atomic mass is 10.0. The van der Waals surface area contributed by atoms with Gasteiger partial charge in [0.05, 0.1) is 18.4 Å². The third-order valence-electron chi connectivity index (χ3n) is 5.77. The number of nitrogens with one attached hydrogen (secondary N) is 1. The number of methoxy groups -OCH3 is 1. The van der Waals surface area contributed by atoms with Gasteiger partial charge in [-0.1, -0.05) is 0 Å². The van der Waals surface area contributed by atoms with E-state index in [1.54, 1.807) is 6.26 Å². The lowest BCUT2D eigenvalue weighted by molar-refractivity contribution is -0.146. The average molecular weight is 423 g/mol. The van der Waals surface area contributed by atoms with Gasteiger partial charge in [0.2, 0.25) is 0 Å². The van der Waals surface area contributed by atoms with Gasteiger partial charge in [-0.05, 0) is 42.5 Å². The highest BCUT2D eigenvalue weighted by molar-refractivity contribution is 6.35. The molecule has 0 radical (unpaired) electrons. The maximum Gasteiger partial charge on any atom is 0.312 e. The van der Waals surface area contributed by atoms with Gasteiger partial charge in [0, 0.05) is 39.8 Å². The Hall–Kier alpha value is -3.38. The van der Waals surface area contributed by atoms with Gasteiger partial charge < -0.3 is 24.3 Å². The molecule has 1 saturated heterocycles. The molecule has 31 heavy (non-hydrogen) atoms. The third kappa shape index (κ3) is 4.11. The molecule has 1 aliphatic carbocycles. The van der Waals surface area contributed by atoms with Crippen LogP contribution in [-0.2, 0) is 27.2 Å². The number of nitrogens with zero attached hydrogens (tertiary/aromatic N) is 4. The molecule has 9 heteroatoms. The van der Waals surface area contributed by atoms with Crippen molar-refractivity contribution in [2.45, 2.75) is 19.3 Å². The minimum atomic E-state index is -0.626. The van der Waals surface area contributed by atoms with Gasteiger partial charge in [-0.25, -0.2) is 4.98 Å². The van der Waals surface area contributed by atoms with Crippen molar-refractivity contribution in [3.05, 3.63) is 35.1 Å². The highest BCUT2D eigenvalue weighted by Gasteiger charge is 2.31. The van der Waals surface area contributed by atoms with E-state index in [4.69, 9.17) is 14.1 Å². The van der Waals surface area contributed by atoms with Crippen LogP contribution in [0.4, 0.5) is 5.82 Å². The zero-order valence-corrected chi connectivity index (χ0v) is 17.5. The van der Waals surface area contributed by atoms with Crippen LogP contribution in [0.5, 0.6) is 0 Å². The summed E-state index contributed by atoms with van der Waals surface area (Å²) in [7, 11) is 1.53. The molecule has 0 atom stereocenters. The van der Waals surface area contributed by atoms with Crippen LogP contribution < -0.4 is 10.2 Å². The van der Waals surface area contributed by atoms with Crippen molar-refractivity contribution in [3.63, 3.8) is 0 Å². The summed E-state index contributed by atoms with van der Waals surface area (Å²) in [5, 5.41) is 12.4. The highest BCUT2D eigenvalue weighted by atomic mass is 16.5. The zero-order chi connectivity index (χ0) is 21.8. The predicted octanol–water partition coefficient (Wildman–Crippen LogP) is 1.11. The lowest BCUT2D eigenvalue weighted by Crippen LogP contribution is -2.53. The zero-order valence-electron chi connectivity index (χ0n) is 17.5. The number of amides is 2. The molecule has 0 unspecified atom stereocenters. The van der Waals surface area contributed by atoms with Crippen LogP contribution >= 0.6 is 0 Å². The van der Waals surface area contributed by atoms with Crippen LogP contribution in [0.25, 0.3) is 11.5 Å². The Kier molecular flexibility index (Phi) is 6.18. The molecule has 4 rings (SSSR count). The number of furan rings is 1. The van der Waals surface area contributed by atoms with Gasteiger partial charge in [0.15, 0.2) is 5.76 Å². The molecular formula is C22H25N5O4. The number of hydrogen-bond acceptors (Lipinski definition) is 7. The van der Waals surface area contributed by atoms with Crippen LogP contribution in [-0.4, -0.2) is 68.1 Å². The Balaban J connectivity index is 1.52. The van der Waals surface area contributed by atoms with E-state index in [1.165, 1.54) is 12.0 Å². The normalized spacial score (nSPS) is 15.5. The molecular weight excluding hydrogens is 398 g/mol. The highest BCUT2D eigenvalue weighted by Crippen LogP contribution is 2.37. The summed E-state index contributed by atoms with van der Waals surface area (Å²) >= 11 is 0. The molecule has 2 amide bonds. The van der Waals surface area contributed by atoms with Crippen LogP contribution in [0.2, 0.25) is 0 Å². The van der Waals surface area contributed by atoms with E-state index in [2.05, 4.69) is 11.4 Å². The maximum absolute atomic E-state index is 12.4. The van der Waals surface area contributed by atoms with E-state index >= 15 is 0 Å². The fourth-order valence-corrected chi connectivity index (χ4v) is 4.22. The summed E-state index contributed by atoms with van der Waals surface area (Å²) in [6, 6.07) is 6.07. The Bertz CT molecular complexity index is 1000. The number of fused-ring (bicyclic) bond motifs is 1. The van der Waals surface area contributed by atoms with E-state index in [0.717, 1.165) is 36.1 Å². The van der Waals surface area contributed by atoms with E-state index in [1.807, 2.05) is 17.0 Å². The molecule has 3 heterocycles. The Morgan fingerprint density at radius 2 is 2.03 bits per heavy atom. The van der Waals surface area contributed by atoms with Gasteiger partial charge in [0.1, 0.15) is 17.6 Å². The van der Waals surface area contributed by atoms with Crippen LogP contribution in [0.1, 0.15) is 23.1 Å². The number of hydrogen-bond donors (Lipinski definition) is 1. The van der Waals surface area contributed by atoms with Gasteiger partial charge in [-0.15, -0.1) is 0 Å². The van der Waals surface area contributed by atoms with E-state index in [0.29, 0.717) is 56.5 Å². The smallest absolute Gasteiger partial charge is 0.312 e. The Labute approximate surface area is 180 Å². The van der Waals surface area contributed by atoms with E-state index in [-0.39, 0.29) is 0 Å². The second kappa shape index (κ2) is 9.18. The first-order chi connectivity index (χ1) is 15.1. The molecule has 9 nitrogen and oxygen atoms in total. The maximum atomic E-state index is 12.4. The summed E-state index contributed by atoms with van der Waals surface area (Å²) in [4.78, 5) is 32.8. The SMILES string of the molecule is COCCNC(=O)C(=O)N1CCN(c2nc(-c3ccco3)c3c(c2C#N)CCC3)CC1. The van der Waals surface area contributed by atoms with Gasteiger partial charge in [0.25, 0.3) is 0 Å². The first-order valence-corrected chi connectivity index (χ1v) is 10.4.